The van der Waals surface area contributed by atoms with Crippen molar-refractivity contribution >= 4 is 5.78 Å². The van der Waals surface area contributed by atoms with Gasteiger partial charge in [0.1, 0.15) is 11.5 Å². The Hall–Kier alpha value is -3.05. The average Bonchev–Trinajstić information content (AvgIpc) is 2.87. The van der Waals surface area contributed by atoms with Crippen molar-refractivity contribution in [2.75, 3.05) is 6.61 Å². The van der Waals surface area contributed by atoms with Crippen LogP contribution in [0, 0.1) is 5.92 Å². The fourth-order valence-corrected chi connectivity index (χ4v) is 4.70. The molecular weight excluding hydrogens is 424 g/mol. The van der Waals surface area contributed by atoms with Crippen molar-refractivity contribution in [2.45, 2.75) is 64.9 Å². The summed E-state index contributed by atoms with van der Waals surface area (Å²) in [5.74, 6) is 1.57. The van der Waals surface area contributed by atoms with Crippen LogP contribution in [0.2, 0.25) is 0 Å². The van der Waals surface area contributed by atoms with E-state index in [9.17, 15) is 9.90 Å². The molecule has 0 atom stereocenters. The molecule has 0 aliphatic heterocycles. The minimum Gasteiger partial charge on any atom is -0.494 e. The van der Waals surface area contributed by atoms with E-state index in [0.29, 0.717) is 25.4 Å². The third-order valence-corrected chi connectivity index (χ3v) is 6.57. The summed E-state index contributed by atoms with van der Waals surface area (Å²) in [5, 5.41) is 9.32. The molecule has 1 heterocycles. The van der Waals surface area contributed by atoms with E-state index in [1.165, 1.54) is 32.1 Å². The van der Waals surface area contributed by atoms with Gasteiger partial charge in [-0.1, -0.05) is 68.5 Å². The van der Waals surface area contributed by atoms with Crippen LogP contribution in [0.15, 0.2) is 54.7 Å². The zero-order valence-electron chi connectivity index (χ0n) is 20.0. The van der Waals surface area contributed by atoms with Gasteiger partial charge >= 0.3 is 0 Å². The number of aliphatic hydroxyl groups excluding tert-OH is 1. The highest BCUT2D eigenvalue weighted by Gasteiger charge is 2.19. The van der Waals surface area contributed by atoms with E-state index >= 15 is 0 Å². The van der Waals surface area contributed by atoms with E-state index in [0.717, 1.165) is 45.9 Å². The number of benzene rings is 2. The van der Waals surface area contributed by atoms with Gasteiger partial charge in [-0.25, -0.2) is 4.98 Å². The Morgan fingerprint density at radius 1 is 0.941 bits per heavy atom. The van der Waals surface area contributed by atoms with Crippen molar-refractivity contribution in [3.8, 4) is 17.0 Å². The molecule has 0 amide bonds. The van der Waals surface area contributed by atoms with Crippen LogP contribution in [-0.4, -0.2) is 27.5 Å². The molecule has 0 spiro atoms. The number of aromatic nitrogens is 2. The number of hydrogen-bond donors (Lipinski definition) is 1. The first-order chi connectivity index (χ1) is 16.6. The van der Waals surface area contributed by atoms with Crippen LogP contribution in [0.3, 0.4) is 0 Å². The van der Waals surface area contributed by atoms with E-state index in [2.05, 4.69) is 0 Å². The van der Waals surface area contributed by atoms with Crippen LogP contribution in [0.1, 0.15) is 61.5 Å². The fourth-order valence-electron chi connectivity index (χ4n) is 4.70. The van der Waals surface area contributed by atoms with Gasteiger partial charge in [0.15, 0.2) is 0 Å². The molecule has 0 saturated heterocycles. The van der Waals surface area contributed by atoms with Gasteiger partial charge in [0.2, 0.25) is 0 Å². The molecule has 3 aromatic rings. The first-order valence-corrected chi connectivity index (χ1v) is 12.4. The number of ether oxygens (including phenoxy) is 1. The van der Waals surface area contributed by atoms with Crippen molar-refractivity contribution in [2.24, 2.45) is 5.92 Å². The molecule has 178 valence electrons. The van der Waals surface area contributed by atoms with Gasteiger partial charge < -0.3 is 9.84 Å². The lowest BCUT2D eigenvalue weighted by Crippen LogP contribution is -2.16. The molecule has 1 aromatic heterocycles. The minimum atomic E-state index is 0.0221. The summed E-state index contributed by atoms with van der Waals surface area (Å²) in [7, 11) is 0. The Labute approximate surface area is 202 Å². The van der Waals surface area contributed by atoms with E-state index in [1.807, 2.05) is 55.5 Å². The minimum absolute atomic E-state index is 0.0221. The van der Waals surface area contributed by atoms with E-state index in [-0.39, 0.29) is 12.4 Å². The maximum Gasteiger partial charge on any atom is 0.143 e. The number of ketones is 1. The molecule has 34 heavy (non-hydrogen) atoms. The number of aliphatic hydroxyl groups is 1. The number of nitrogens with zero attached hydrogens (tertiary/aromatic N) is 2. The lowest BCUT2D eigenvalue weighted by molar-refractivity contribution is -0.117. The predicted molar refractivity (Wildman–Crippen MR) is 134 cm³/mol. The number of carbonyl (C=O) groups excluding carboxylic acids is 1. The van der Waals surface area contributed by atoms with Crippen LogP contribution in [0.25, 0.3) is 11.3 Å². The summed E-state index contributed by atoms with van der Waals surface area (Å²) in [6, 6.07) is 15.5. The highest BCUT2D eigenvalue weighted by molar-refractivity contribution is 5.83. The maximum absolute atomic E-state index is 12.9. The zero-order valence-corrected chi connectivity index (χ0v) is 20.0. The largest absolute Gasteiger partial charge is 0.494 e. The molecule has 0 radical (unpaired) electrons. The SMILES string of the molecule is CCOc1ccc(CC(=O)Cc2ncc(-c3ccc(CO)cc3)nc2CC2CCCCC2)cc1. The third-order valence-electron chi connectivity index (χ3n) is 6.57. The van der Waals surface area contributed by atoms with Crippen LogP contribution in [0.4, 0.5) is 0 Å². The molecule has 1 aliphatic rings. The monoisotopic (exact) mass is 458 g/mol. The summed E-state index contributed by atoms with van der Waals surface area (Å²) in [4.78, 5) is 22.7. The number of Topliss-reactive ketones (excluding diaryl/α,β-unsaturated/α-hetero) is 1. The van der Waals surface area contributed by atoms with Crippen LogP contribution < -0.4 is 4.74 Å². The van der Waals surface area contributed by atoms with Crippen LogP contribution >= 0.6 is 0 Å². The fraction of sp³-hybridized carbons (Fsp3) is 0.414. The molecule has 5 nitrogen and oxygen atoms in total. The number of carbonyl (C=O) groups is 1. The second kappa shape index (κ2) is 11.9. The molecule has 2 aromatic carbocycles. The summed E-state index contributed by atoms with van der Waals surface area (Å²) in [6.07, 6.45) is 9.62. The van der Waals surface area contributed by atoms with E-state index in [1.54, 1.807) is 6.20 Å². The molecule has 0 unspecified atom stereocenters. The summed E-state index contributed by atoms with van der Waals surface area (Å²) in [6.45, 7) is 2.61. The maximum atomic E-state index is 12.9. The van der Waals surface area contributed by atoms with Gasteiger partial charge in [0, 0.05) is 12.0 Å². The number of hydrogen-bond acceptors (Lipinski definition) is 5. The van der Waals surface area contributed by atoms with Gasteiger partial charge in [0.05, 0.1) is 42.9 Å². The molecule has 0 bridgehead atoms. The van der Waals surface area contributed by atoms with Gasteiger partial charge in [-0.05, 0) is 42.5 Å². The van der Waals surface area contributed by atoms with Crippen molar-refractivity contribution in [1.82, 2.24) is 9.97 Å². The Balaban J connectivity index is 1.52. The van der Waals surface area contributed by atoms with E-state index in [4.69, 9.17) is 14.7 Å². The third kappa shape index (κ3) is 6.51. The molecule has 5 heteroatoms. The highest BCUT2D eigenvalue weighted by Crippen LogP contribution is 2.28. The molecule has 1 aliphatic carbocycles. The van der Waals surface area contributed by atoms with Gasteiger partial charge in [-0.2, -0.15) is 0 Å². The van der Waals surface area contributed by atoms with Crippen molar-refractivity contribution < 1.29 is 14.6 Å². The Kier molecular flexibility index (Phi) is 8.42. The Morgan fingerprint density at radius 2 is 1.65 bits per heavy atom. The highest BCUT2D eigenvalue weighted by atomic mass is 16.5. The lowest BCUT2D eigenvalue weighted by Gasteiger charge is -2.22. The van der Waals surface area contributed by atoms with E-state index < -0.39 is 0 Å². The van der Waals surface area contributed by atoms with Crippen molar-refractivity contribution in [3.05, 3.63) is 77.2 Å². The second-order valence-electron chi connectivity index (χ2n) is 9.18. The quantitative estimate of drug-likeness (QED) is 0.434. The molecule has 1 saturated carbocycles. The Morgan fingerprint density at radius 3 is 2.32 bits per heavy atom. The summed E-state index contributed by atoms with van der Waals surface area (Å²) in [5.41, 5.74) is 5.40. The normalized spacial score (nSPS) is 14.2. The smallest absolute Gasteiger partial charge is 0.143 e. The lowest BCUT2D eigenvalue weighted by atomic mass is 9.85. The molecule has 1 N–H and O–H groups in total. The first kappa shape index (κ1) is 24.1. The number of rotatable bonds is 10. The first-order valence-electron chi connectivity index (χ1n) is 12.4. The average molecular weight is 459 g/mol. The standard InChI is InChI=1S/C29H34N2O3/c1-2-34-26-14-10-22(11-15-26)16-25(33)18-27-28(17-21-6-4-3-5-7-21)31-29(19-30-27)24-12-8-23(20-32)9-13-24/h8-15,19,21,32H,2-7,16-18,20H2,1H3. The zero-order chi connectivity index (χ0) is 23.8. The summed E-state index contributed by atoms with van der Waals surface area (Å²) < 4.78 is 5.49. The molecular formula is C29H34N2O3. The summed E-state index contributed by atoms with van der Waals surface area (Å²) >= 11 is 0. The second-order valence-corrected chi connectivity index (χ2v) is 9.18. The van der Waals surface area contributed by atoms with Gasteiger partial charge in [0.25, 0.3) is 0 Å². The van der Waals surface area contributed by atoms with Crippen LogP contribution in [0.5, 0.6) is 5.75 Å². The predicted octanol–water partition coefficient (Wildman–Crippen LogP) is 5.51. The molecule has 1 fully saturated rings. The Bertz CT molecular complexity index is 1070. The van der Waals surface area contributed by atoms with Crippen molar-refractivity contribution in [3.63, 3.8) is 0 Å². The van der Waals surface area contributed by atoms with Crippen molar-refractivity contribution in [1.29, 1.82) is 0 Å². The van der Waals surface area contributed by atoms with Crippen LogP contribution in [-0.2, 0) is 30.7 Å². The van der Waals surface area contributed by atoms with Gasteiger partial charge in [-0.3, -0.25) is 9.78 Å². The van der Waals surface area contributed by atoms with Gasteiger partial charge in [-0.15, -0.1) is 0 Å². The molecule has 4 rings (SSSR count). The topological polar surface area (TPSA) is 72.3 Å².